The van der Waals surface area contributed by atoms with Gasteiger partial charge in [-0.2, -0.15) is 0 Å². The first-order chi connectivity index (χ1) is 34.8. The third kappa shape index (κ3) is 4.62. The third-order valence-electron chi connectivity index (χ3n) is 15.5. The van der Waals surface area contributed by atoms with Gasteiger partial charge in [0.05, 0.1) is 0 Å². The molecule has 0 fully saturated rings. The molecule has 0 aliphatic carbocycles. The van der Waals surface area contributed by atoms with Crippen LogP contribution in [-0.2, 0) is 0 Å². The van der Waals surface area contributed by atoms with E-state index in [1.807, 2.05) is 74.5 Å². The average Bonchev–Trinajstić information content (AvgIpc) is 4.06. The van der Waals surface area contributed by atoms with Crippen LogP contribution in [0.4, 0.5) is 0 Å². The molecule has 12 aromatic rings. The van der Waals surface area contributed by atoms with Crippen LogP contribution in [0.1, 0.15) is 94.0 Å². The maximum Gasteiger partial charge on any atom is 0.258 e. The van der Waals surface area contributed by atoms with Gasteiger partial charge in [-0.25, -0.2) is 0 Å². The molecular weight excluding hydrogens is 945 g/mol. The zero-order valence-corrected chi connectivity index (χ0v) is 39.0. The Balaban J connectivity index is 0.948. The Kier molecular flexibility index (Phi) is 7.11. The zero-order chi connectivity index (χ0) is 48.7. The molecule has 10 aromatic carbocycles. The highest BCUT2D eigenvalue weighted by molar-refractivity contribution is 7.25. The standard InChI is InChI=1S/C58H26N4O8S2/c1-19-15-31-45-27(53(65)60-55(31)67)10-6-24-42-29(17-33-46-28(54(66)61-57(33)69)8-4-22(49(42)46)39(19)48(24)45)35-11-13-37(71-35)38-14-12-36(72-38)30-18-34-47-32(56(68)62-58(34)70)16-20(2)40-21-3-7-25-44-26(52(64)59-51(25)63)9-5-23(41(21)44)43(30)50(40)47/h3-18H,1-2H3,(H,59,63,64)(H,60,65,67)(H,61,66,69)(H,62,68,70). The number of hydrogen-bond acceptors (Lipinski definition) is 10. The molecule has 8 amide bonds. The molecule has 12 nitrogen and oxygen atoms in total. The Labute approximate surface area is 410 Å². The van der Waals surface area contributed by atoms with Crippen molar-refractivity contribution in [3.63, 3.8) is 0 Å². The SMILES string of the molecule is Cc1cc2c3c(ccc4c5c(-c6ccc(-c7ccc(-c8cc9c%10c(cc(C)c%11c%12ccc%13c%14c(ccc(c8c%10%11)c%14%12)C(=O)NC%13=O)C(=O)NC9=O)s7)s6)cc6c7c(ccc(c1c34)c75)C(=O)NC6=O)C(=O)NC2=O. The number of carbonyl (C=O) groups is 8. The molecule has 4 aliphatic heterocycles. The highest BCUT2D eigenvalue weighted by Crippen LogP contribution is 2.54. The highest BCUT2D eigenvalue weighted by Gasteiger charge is 2.36. The van der Waals surface area contributed by atoms with Gasteiger partial charge in [-0.3, -0.25) is 59.6 Å². The van der Waals surface area contributed by atoms with Gasteiger partial charge in [-0.1, -0.05) is 24.3 Å². The molecule has 0 atom stereocenters. The zero-order valence-electron chi connectivity index (χ0n) is 37.3. The molecule has 6 heterocycles. The van der Waals surface area contributed by atoms with Crippen molar-refractivity contribution >= 4 is 156 Å². The van der Waals surface area contributed by atoms with Crippen molar-refractivity contribution in [2.24, 2.45) is 0 Å². The maximum atomic E-state index is 13.9. The van der Waals surface area contributed by atoms with Gasteiger partial charge in [0.2, 0.25) is 0 Å². The maximum absolute atomic E-state index is 13.9. The van der Waals surface area contributed by atoms with Crippen LogP contribution in [0.3, 0.4) is 0 Å². The van der Waals surface area contributed by atoms with E-state index in [9.17, 15) is 38.4 Å². The van der Waals surface area contributed by atoms with E-state index in [2.05, 4.69) is 21.3 Å². The molecule has 0 saturated heterocycles. The Morgan fingerprint density at radius 1 is 0.250 bits per heavy atom. The lowest BCUT2D eigenvalue weighted by Crippen LogP contribution is -2.35. The van der Waals surface area contributed by atoms with Gasteiger partial charge in [0.15, 0.2) is 0 Å². The van der Waals surface area contributed by atoms with E-state index in [1.165, 1.54) is 22.7 Å². The first-order valence-electron chi connectivity index (χ1n) is 23.0. The van der Waals surface area contributed by atoms with Gasteiger partial charge in [0.1, 0.15) is 0 Å². The van der Waals surface area contributed by atoms with E-state index >= 15 is 0 Å². The molecule has 338 valence electrons. The number of carbonyl (C=O) groups excluding carboxylic acids is 8. The van der Waals surface area contributed by atoms with Gasteiger partial charge in [0.25, 0.3) is 47.3 Å². The predicted octanol–water partition coefficient (Wildman–Crippen LogP) is 11.1. The summed E-state index contributed by atoms with van der Waals surface area (Å²) in [5.41, 5.74) is 6.15. The van der Waals surface area contributed by atoms with E-state index in [1.54, 1.807) is 36.4 Å². The first-order valence-corrected chi connectivity index (χ1v) is 24.6. The molecule has 0 spiro atoms. The second kappa shape index (κ2) is 12.9. The van der Waals surface area contributed by atoms with Crippen molar-refractivity contribution in [2.45, 2.75) is 13.8 Å². The minimum absolute atomic E-state index is 0.361. The summed E-state index contributed by atoms with van der Waals surface area (Å²) < 4.78 is 0. The molecule has 0 radical (unpaired) electrons. The van der Waals surface area contributed by atoms with Crippen molar-refractivity contribution in [1.82, 2.24) is 21.3 Å². The van der Waals surface area contributed by atoms with Gasteiger partial charge in [-0.05, 0) is 162 Å². The van der Waals surface area contributed by atoms with E-state index in [0.717, 1.165) is 106 Å². The molecule has 16 rings (SSSR count). The van der Waals surface area contributed by atoms with Crippen LogP contribution in [0.25, 0.3) is 117 Å². The number of imide groups is 4. The Bertz CT molecular complexity index is 4860. The van der Waals surface area contributed by atoms with Crippen LogP contribution in [0.15, 0.2) is 97.1 Å². The van der Waals surface area contributed by atoms with Gasteiger partial charge in [-0.15, -0.1) is 22.7 Å². The van der Waals surface area contributed by atoms with E-state index in [4.69, 9.17) is 0 Å². The van der Waals surface area contributed by atoms with Gasteiger partial charge >= 0.3 is 0 Å². The van der Waals surface area contributed by atoms with Crippen LogP contribution in [0, 0.1) is 13.8 Å². The number of aryl methyl sites for hydroxylation is 2. The second-order valence-corrected chi connectivity index (χ2v) is 21.2. The quantitative estimate of drug-likeness (QED) is 0.0765. The number of hydrogen-bond donors (Lipinski definition) is 4. The molecule has 0 bridgehead atoms. The third-order valence-corrected chi connectivity index (χ3v) is 17.9. The minimum Gasteiger partial charge on any atom is -0.288 e. The summed E-state index contributed by atoms with van der Waals surface area (Å²) >= 11 is 3.05. The fourth-order valence-electron chi connectivity index (χ4n) is 12.7. The fourth-order valence-corrected chi connectivity index (χ4v) is 14.8. The van der Waals surface area contributed by atoms with Gasteiger partial charge in [0, 0.05) is 96.7 Å². The van der Waals surface area contributed by atoms with Crippen LogP contribution in [0.2, 0.25) is 0 Å². The van der Waals surface area contributed by atoms with E-state index in [0.29, 0.717) is 66.1 Å². The number of fused-ring (bicyclic) bond motifs is 4. The molecule has 4 N–H and O–H groups in total. The summed E-state index contributed by atoms with van der Waals surface area (Å²) in [4.78, 5) is 112. The van der Waals surface area contributed by atoms with Crippen molar-refractivity contribution in [3.8, 4) is 30.6 Å². The summed E-state index contributed by atoms with van der Waals surface area (Å²) in [6.07, 6.45) is 0. The monoisotopic (exact) mass is 970 g/mol. The molecule has 72 heavy (non-hydrogen) atoms. The van der Waals surface area contributed by atoms with Crippen molar-refractivity contribution in [1.29, 1.82) is 0 Å². The van der Waals surface area contributed by atoms with E-state index < -0.39 is 47.3 Å². The molecule has 0 unspecified atom stereocenters. The van der Waals surface area contributed by atoms with Crippen molar-refractivity contribution in [2.75, 3.05) is 0 Å². The first kappa shape index (κ1) is 39.6. The van der Waals surface area contributed by atoms with E-state index in [-0.39, 0.29) is 0 Å². The molecule has 4 aliphatic rings. The number of benzene rings is 10. The number of thiophene rings is 2. The number of nitrogens with one attached hydrogen (secondary N) is 4. The topological polar surface area (TPSA) is 185 Å². The van der Waals surface area contributed by atoms with Crippen LogP contribution >= 0.6 is 22.7 Å². The predicted molar refractivity (Wildman–Crippen MR) is 278 cm³/mol. The summed E-state index contributed by atoms with van der Waals surface area (Å²) in [5.74, 6) is -3.90. The Hall–Kier alpha value is -9.24. The van der Waals surface area contributed by atoms with Crippen molar-refractivity contribution in [3.05, 3.63) is 153 Å². The summed E-state index contributed by atoms with van der Waals surface area (Å²) in [6.45, 7) is 3.85. The highest BCUT2D eigenvalue weighted by atomic mass is 32.1. The molecule has 0 saturated carbocycles. The van der Waals surface area contributed by atoms with Crippen LogP contribution < -0.4 is 21.3 Å². The van der Waals surface area contributed by atoms with Gasteiger partial charge < -0.3 is 0 Å². The lowest BCUT2D eigenvalue weighted by molar-refractivity contribution is 0.0828. The van der Waals surface area contributed by atoms with Crippen LogP contribution in [0.5, 0.6) is 0 Å². The average molecular weight is 971 g/mol. The normalized spacial score (nSPS) is 15.2. The Morgan fingerprint density at radius 3 is 0.986 bits per heavy atom. The lowest BCUT2D eigenvalue weighted by Gasteiger charge is -2.26. The number of rotatable bonds is 3. The largest absolute Gasteiger partial charge is 0.288 e. The summed E-state index contributed by atoms with van der Waals surface area (Å²) in [6, 6.07) is 29.9. The van der Waals surface area contributed by atoms with Crippen molar-refractivity contribution < 1.29 is 38.4 Å². The molecular formula is C58H26N4O8S2. The minimum atomic E-state index is -0.508. The smallest absolute Gasteiger partial charge is 0.258 e. The molecule has 2 aromatic heterocycles. The fraction of sp³-hybridized carbons (Fsp3) is 0.0345. The summed E-state index contributed by atoms with van der Waals surface area (Å²) in [5, 5.41) is 21.6. The summed E-state index contributed by atoms with van der Waals surface area (Å²) in [7, 11) is 0. The second-order valence-electron chi connectivity index (χ2n) is 19.0. The Morgan fingerprint density at radius 2 is 0.542 bits per heavy atom. The van der Waals surface area contributed by atoms with Crippen LogP contribution in [-0.4, -0.2) is 47.3 Å². The lowest BCUT2D eigenvalue weighted by atomic mass is 9.79. The number of amides is 8. The molecule has 14 heteroatoms.